The molecule has 1 aliphatic rings. The van der Waals surface area contributed by atoms with Crippen LogP contribution in [-0.2, 0) is 0 Å². The van der Waals surface area contributed by atoms with E-state index >= 15 is 0 Å². The van der Waals surface area contributed by atoms with Crippen molar-refractivity contribution in [1.29, 1.82) is 0 Å². The van der Waals surface area contributed by atoms with E-state index in [4.69, 9.17) is 24.4 Å². The topological polar surface area (TPSA) is 73.5 Å². The molecule has 2 N–H and O–H groups in total. The Balaban J connectivity index is 3.13. The number of nitrogens with zero attached hydrogens (tertiary/aromatic N) is 4. The normalized spacial score (nSPS) is 29.8. The third-order valence-electron chi connectivity index (χ3n) is 2.22. The number of thiocarbonyl (C=S) groups is 2. The summed E-state index contributed by atoms with van der Waals surface area (Å²) in [5.41, 5.74) is 8.06. The van der Waals surface area contributed by atoms with Crippen LogP contribution in [0.15, 0.2) is 20.2 Å². The molecule has 0 radical (unpaired) electrons. The molecule has 0 aromatic carbocycles. The van der Waals surface area contributed by atoms with Gasteiger partial charge in [0.25, 0.3) is 0 Å². The lowest BCUT2D eigenvalue weighted by Gasteiger charge is -2.06. The van der Waals surface area contributed by atoms with E-state index in [-0.39, 0.29) is 10.2 Å². The Morgan fingerprint density at radius 2 is 1.00 bits per heavy atom. The predicted octanol–water partition coefficient (Wildman–Crippen LogP) is 1.42. The summed E-state index contributed by atoms with van der Waals surface area (Å²) in [6.07, 6.45) is 0. The molecule has 1 aliphatic heterocycles. The van der Waals surface area contributed by atoms with Gasteiger partial charge in [-0.05, 0) is 52.1 Å². The quantitative estimate of drug-likeness (QED) is 0.659. The average Bonchev–Trinajstić information content (AvgIpc) is 2.31. The summed E-state index contributed by atoms with van der Waals surface area (Å²) in [6, 6.07) is 0. The van der Waals surface area contributed by atoms with Gasteiger partial charge in [0, 0.05) is 0 Å². The van der Waals surface area contributed by atoms with E-state index in [0.717, 1.165) is 0 Å². The highest BCUT2D eigenvalue weighted by Crippen LogP contribution is 1.91. The molecule has 0 unspecified atom stereocenters. The molecule has 0 saturated carbocycles. The van der Waals surface area contributed by atoms with Crippen molar-refractivity contribution < 1.29 is 0 Å². The Labute approximate surface area is 116 Å². The summed E-state index contributed by atoms with van der Waals surface area (Å²) >= 11 is 10.1. The van der Waals surface area contributed by atoms with Gasteiger partial charge in [0.2, 0.25) is 10.2 Å². The second-order valence-corrected chi connectivity index (χ2v) is 4.40. The molecule has 0 atom stereocenters. The Bertz CT molecular complexity index is 454. The maximum Gasteiger partial charge on any atom is 0.213 e. The summed E-state index contributed by atoms with van der Waals surface area (Å²) in [7, 11) is 0. The first kappa shape index (κ1) is 14.5. The molecule has 0 aromatic rings. The SMILES string of the molecule is CC1=N/NC(=S)/N=C(C)\C(C)=N\C(=S)N\N=C\1C. The van der Waals surface area contributed by atoms with Gasteiger partial charge in [-0.1, -0.05) is 0 Å². The van der Waals surface area contributed by atoms with E-state index in [1.807, 2.05) is 0 Å². The van der Waals surface area contributed by atoms with Crippen molar-refractivity contribution in [2.24, 2.45) is 20.2 Å². The standard InChI is InChI=1S/C10H14N6S2/c1-5-6(2)12-10(18)16-14-8(4)7(3)13-15-9(17)11-5/h1-4H3,(H,11,15,17)(H,12,16,18). The van der Waals surface area contributed by atoms with Crippen LogP contribution in [0.3, 0.4) is 0 Å². The smallest absolute Gasteiger partial charge is 0.213 e. The lowest BCUT2D eigenvalue weighted by atomic mass is 10.3. The van der Waals surface area contributed by atoms with Crippen molar-refractivity contribution in [3.8, 4) is 0 Å². The molecule has 18 heavy (non-hydrogen) atoms. The molecular weight excluding hydrogens is 268 g/mol. The van der Waals surface area contributed by atoms with E-state index in [2.05, 4.69) is 31.0 Å². The number of aliphatic imine (C=N–C) groups is 2. The van der Waals surface area contributed by atoms with Gasteiger partial charge in [0.15, 0.2) is 0 Å². The zero-order chi connectivity index (χ0) is 13.7. The number of hydrogen-bond acceptors (Lipinski definition) is 4. The lowest BCUT2D eigenvalue weighted by molar-refractivity contribution is 1.01. The molecule has 96 valence electrons. The second kappa shape index (κ2) is 6.41. The van der Waals surface area contributed by atoms with E-state index in [1.54, 1.807) is 27.7 Å². The fourth-order valence-corrected chi connectivity index (χ4v) is 1.31. The largest absolute Gasteiger partial charge is 0.252 e. The molecule has 0 aromatic heterocycles. The van der Waals surface area contributed by atoms with Crippen LogP contribution in [0.25, 0.3) is 0 Å². The molecule has 0 fully saturated rings. The van der Waals surface area contributed by atoms with Gasteiger partial charge in [-0.25, -0.2) is 9.98 Å². The van der Waals surface area contributed by atoms with E-state index in [1.165, 1.54) is 0 Å². The van der Waals surface area contributed by atoms with Gasteiger partial charge in [-0.15, -0.1) is 0 Å². The Morgan fingerprint density at radius 3 is 1.33 bits per heavy atom. The summed E-state index contributed by atoms with van der Waals surface area (Å²) in [5.74, 6) is 0. The highest BCUT2D eigenvalue weighted by molar-refractivity contribution is 7.80. The minimum Gasteiger partial charge on any atom is -0.252 e. The van der Waals surface area contributed by atoms with Crippen LogP contribution < -0.4 is 10.9 Å². The van der Waals surface area contributed by atoms with Crippen LogP contribution in [0, 0.1) is 0 Å². The van der Waals surface area contributed by atoms with Gasteiger partial charge in [0.1, 0.15) is 0 Å². The molecule has 0 saturated heterocycles. The summed E-state index contributed by atoms with van der Waals surface area (Å²) < 4.78 is 0. The first-order valence-corrected chi connectivity index (χ1v) is 6.01. The van der Waals surface area contributed by atoms with Crippen molar-refractivity contribution in [2.45, 2.75) is 27.7 Å². The Kier molecular flexibility index (Phi) is 5.17. The number of hydrazone groups is 2. The molecule has 1 rings (SSSR count). The van der Waals surface area contributed by atoms with Crippen LogP contribution in [-0.4, -0.2) is 33.1 Å². The fraction of sp³-hybridized carbons (Fsp3) is 0.400. The third kappa shape index (κ3) is 4.38. The van der Waals surface area contributed by atoms with Crippen LogP contribution in [0.1, 0.15) is 27.7 Å². The summed E-state index contributed by atoms with van der Waals surface area (Å²) in [4.78, 5) is 8.31. The minimum absolute atomic E-state index is 0.272. The van der Waals surface area contributed by atoms with Gasteiger partial charge in [-0.2, -0.15) is 10.2 Å². The molecule has 0 aliphatic carbocycles. The van der Waals surface area contributed by atoms with Gasteiger partial charge in [-0.3, -0.25) is 10.9 Å². The van der Waals surface area contributed by atoms with Crippen LogP contribution >= 0.6 is 24.4 Å². The number of hydrogen-bond donors (Lipinski definition) is 2. The zero-order valence-electron chi connectivity index (χ0n) is 10.6. The van der Waals surface area contributed by atoms with Crippen LogP contribution in [0.5, 0.6) is 0 Å². The minimum atomic E-state index is 0.272. The molecule has 1 heterocycles. The second-order valence-electron chi connectivity index (χ2n) is 3.62. The van der Waals surface area contributed by atoms with Gasteiger partial charge < -0.3 is 0 Å². The number of rotatable bonds is 0. The Morgan fingerprint density at radius 1 is 0.667 bits per heavy atom. The molecule has 0 spiro atoms. The summed E-state index contributed by atoms with van der Waals surface area (Å²) in [5, 5.41) is 8.68. The van der Waals surface area contributed by atoms with Crippen molar-refractivity contribution in [2.75, 3.05) is 0 Å². The maximum absolute atomic E-state index is 5.04. The monoisotopic (exact) mass is 282 g/mol. The van der Waals surface area contributed by atoms with Gasteiger partial charge in [0.05, 0.1) is 22.8 Å². The van der Waals surface area contributed by atoms with Crippen molar-refractivity contribution in [1.82, 2.24) is 10.9 Å². The predicted molar refractivity (Wildman–Crippen MR) is 83.9 cm³/mol. The lowest BCUT2D eigenvalue weighted by Crippen LogP contribution is -2.25. The van der Waals surface area contributed by atoms with Crippen LogP contribution in [0.4, 0.5) is 0 Å². The summed E-state index contributed by atoms with van der Waals surface area (Å²) in [6.45, 7) is 7.20. The third-order valence-corrected chi connectivity index (χ3v) is 2.59. The van der Waals surface area contributed by atoms with E-state index in [0.29, 0.717) is 22.8 Å². The molecule has 0 amide bonds. The average molecular weight is 282 g/mol. The molecule has 6 nitrogen and oxygen atoms in total. The van der Waals surface area contributed by atoms with Crippen molar-refractivity contribution in [3.05, 3.63) is 0 Å². The van der Waals surface area contributed by atoms with Crippen LogP contribution in [0.2, 0.25) is 0 Å². The first-order valence-electron chi connectivity index (χ1n) is 5.20. The maximum atomic E-state index is 5.04. The first-order chi connectivity index (χ1) is 8.40. The highest BCUT2D eigenvalue weighted by atomic mass is 32.1. The van der Waals surface area contributed by atoms with Crippen molar-refractivity contribution in [3.63, 3.8) is 0 Å². The molecule has 8 heteroatoms. The zero-order valence-corrected chi connectivity index (χ0v) is 12.2. The number of nitrogens with one attached hydrogen (secondary N) is 2. The van der Waals surface area contributed by atoms with Gasteiger partial charge >= 0.3 is 0 Å². The highest BCUT2D eigenvalue weighted by Gasteiger charge is 2.04. The van der Waals surface area contributed by atoms with Crippen molar-refractivity contribution >= 4 is 57.5 Å². The Hall–Kier alpha value is -1.54. The molecular formula is C10H14N6S2. The fourth-order valence-electron chi connectivity index (χ4n) is 0.942. The molecule has 0 bridgehead atoms. The van der Waals surface area contributed by atoms with E-state index < -0.39 is 0 Å². The van der Waals surface area contributed by atoms with E-state index in [9.17, 15) is 0 Å².